The summed E-state index contributed by atoms with van der Waals surface area (Å²) < 4.78 is 16.2. The number of carbonyl (C=O) groups is 1. The molecule has 2 aromatic rings. The molecule has 0 aromatic heterocycles. The van der Waals surface area contributed by atoms with Crippen LogP contribution in [0.2, 0.25) is 5.02 Å². The smallest absolute Gasteiger partial charge is 0.258 e. The van der Waals surface area contributed by atoms with E-state index in [0.717, 1.165) is 16.7 Å². The SMILES string of the molecule is COc1ccc(OC)c(C(C)NC(=O)COc2cc(C)c(Cl)c(C)c2)c1. The van der Waals surface area contributed by atoms with Crippen molar-refractivity contribution in [3.05, 3.63) is 52.0 Å². The van der Waals surface area contributed by atoms with Crippen molar-refractivity contribution in [1.29, 1.82) is 0 Å². The molecule has 26 heavy (non-hydrogen) atoms. The molecular weight excluding hydrogens is 354 g/mol. The molecular formula is C20H24ClNO4. The number of benzene rings is 2. The topological polar surface area (TPSA) is 56.8 Å². The fraction of sp³-hybridized carbons (Fsp3) is 0.350. The summed E-state index contributed by atoms with van der Waals surface area (Å²) in [5, 5.41) is 3.62. The van der Waals surface area contributed by atoms with Crippen LogP contribution in [-0.2, 0) is 4.79 Å². The molecule has 0 bridgehead atoms. The van der Waals surface area contributed by atoms with Crippen molar-refractivity contribution in [2.75, 3.05) is 20.8 Å². The van der Waals surface area contributed by atoms with Gasteiger partial charge in [0.2, 0.25) is 0 Å². The molecule has 6 heteroatoms. The lowest BCUT2D eigenvalue weighted by molar-refractivity contribution is -0.123. The Morgan fingerprint density at radius 3 is 2.31 bits per heavy atom. The zero-order valence-corrected chi connectivity index (χ0v) is 16.4. The first kappa shape index (κ1) is 19.9. The van der Waals surface area contributed by atoms with Crippen molar-refractivity contribution in [1.82, 2.24) is 5.32 Å². The molecule has 2 rings (SSSR count). The summed E-state index contributed by atoms with van der Waals surface area (Å²) in [5.41, 5.74) is 2.66. The van der Waals surface area contributed by atoms with Gasteiger partial charge < -0.3 is 19.5 Å². The zero-order valence-electron chi connectivity index (χ0n) is 15.7. The Morgan fingerprint density at radius 2 is 1.73 bits per heavy atom. The van der Waals surface area contributed by atoms with Crippen LogP contribution in [-0.4, -0.2) is 26.7 Å². The number of rotatable bonds is 7. The Morgan fingerprint density at radius 1 is 1.08 bits per heavy atom. The average Bonchev–Trinajstić information content (AvgIpc) is 2.63. The van der Waals surface area contributed by atoms with E-state index in [9.17, 15) is 4.79 Å². The summed E-state index contributed by atoms with van der Waals surface area (Å²) in [7, 11) is 3.19. The van der Waals surface area contributed by atoms with Crippen molar-refractivity contribution in [2.45, 2.75) is 26.8 Å². The molecule has 0 radical (unpaired) electrons. The van der Waals surface area contributed by atoms with Gasteiger partial charge in [0.1, 0.15) is 17.2 Å². The van der Waals surface area contributed by atoms with Crippen molar-refractivity contribution in [2.24, 2.45) is 0 Å². The number of hydrogen-bond acceptors (Lipinski definition) is 4. The van der Waals surface area contributed by atoms with Gasteiger partial charge in [-0.3, -0.25) is 4.79 Å². The second-order valence-electron chi connectivity index (χ2n) is 6.06. The Labute approximate surface area is 159 Å². The van der Waals surface area contributed by atoms with E-state index in [2.05, 4.69) is 5.32 Å². The molecule has 1 unspecified atom stereocenters. The Balaban J connectivity index is 2.01. The summed E-state index contributed by atoms with van der Waals surface area (Å²) in [6.45, 7) is 5.60. The lowest BCUT2D eigenvalue weighted by atomic mass is 10.1. The van der Waals surface area contributed by atoms with Gasteiger partial charge in [0.25, 0.3) is 5.91 Å². The van der Waals surface area contributed by atoms with Crippen LogP contribution < -0.4 is 19.5 Å². The summed E-state index contributed by atoms with van der Waals surface area (Å²) in [5.74, 6) is 1.77. The fourth-order valence-electron chi connectivity index (χ4n) is 2.68. The molecule has 0 aliphatic carbocycles. The molecule has 1 N–H and O–H groups in total. The molecule has 0 spiro atoms. The highest BCUT2D eigenvalue weighted by Gasteiger charge is 2.16. The van der Waals surface area contributed by atoms with Crippen molar-refractivity contribution in [3.63, 3.8) is 0 Å². The van der Waals surface area contributed by atoms with Crippen LogP contribution in [0.25, 0.3) is 0 Å². The minimum Gasteiger partial charge on any atom is -0.497 e. The van der Waals surface area contributed by atoms with Gasteiger partial charge in [0.05, 0.1) is 20.3 Å². The maximum absolute atomic E-state index is 12.3. The summed E-state index contributed by atoms with van der Waals surface area (Å²) >= 11 is 6.15. The predicted molar refractivity (Wildman–Crippen MR) is 103 cm³/mol. The van der Waals surface area contributed by atoms with Crippen LogP contribution in [0.3, 0.4) is 0 Å². The molecule has 1 amide bonds. The summed E-state index contributed by atoms with van der Waals surface area (Å²) in [4.78, 5) is 12.3. The van der Waals surface area contributed by atoms with Crippen molar-refractivity contribution < 1.29 is 19.0 Å². The molecule has 5 nitrogen and oxygen atoms in total. The number of methoxy groups -OCH3 is 2. The number of nitrogens with one attached hydrogen (secondary N) is 1. The number of halogens is 1. The number of amides is 1. The monoisotopic (exact) mass is 377 g/mol. The fourth-order valence-corrected chi connectivity index (χ4v) is 2.79. The average molecular weight is 378 g/mol. The van der Waals surface area contributed by atoms with E-state index in [0.29, 0.717) is 22.3 Å². The minimum atomic E-state index is -0.259. The summed E-state index contributed by atoms with van der Waals surface area (Å²) in [6, 6.07) is 8.84. The highest BCUT2D eigenvalue weighted by atomic mass is 35.5. The lowest BCUT2D eigenvalue weighted by Gasteiger charge is -2.18. The van der Waals surface area contributed by atoms with E-state index >= 15 is 0 Å². The third-order valence-corrected chi connectivity index (χ3v) is 4.66. The molecule has 0 aliphatic rings. The molecule has 0 saturated carbocycles. The largest absolute Gasteiger partial charge is 0.497 e. The number of carbonyl (C=O) groups excluding carboxylic acids is 1. The van der Waals surface area contributed by atoms with Gasteiger partial charge in [-0.05, 0) is 62.2 Å². The van der Waals surface area contributed by atoms with Gasteiger partial charge in [-0.25, -0.2) is 0 Å². The van der Waals surface area contributed by atoms with Gasteiger partial charge >= 0.3 is 0 Å². The standard InChI is InChI=1S/C20H24ClNO4/c1-12-8-16(9-13(2)20(12)21)26-11-19(23)22-14(3)17-10-15(24-4)6-7-18(17)25-5/h6-10,14H,11H2,1-5H3,(H,22,23). The van der Waals surface area contributed by atoms with E-state index in [1.54, 1.807) is 14.2 Å². The van der Waals surface area contributed by atoms with Crippen molar-refractivity contribution in [3.8, 4) is 17.2 Å². The van der Waals surface area contributed by atoms with Crippen LogP contribution >= 0.6 is 11.6 Å². The Hall–Kier alpha value is -2.40. The second kappa shape index (κ2) is 8.81. The third-order valence-electron chi connectivity index (χ3n) is 4.06. The molecule has 140 valence electrons. The molecule has 0 aliphatic heterocycles. The molecule has 0 heterocycles. The van der Waals surface area contributed by atoms with E-state index in [4.69, 9.17) is 25.8 Å². The molecule has 2 aromatic carbocycles. The minimum absolute atomic E-state index is 0.0862. The van der Waals surface area contributed by atoms with Gasteiger partial charge in [-0.2, -0.15) is 0 Å². The van der Waals surface area contributed by atoms with Crippen LogP contribution in [0, 0.1) is 13.8 Å². The Kier molecular flexibility index (Phi) is 6.75. The molecule has 0 fully saturated rings. The van der Waals surface area contributed by atoms with Gasteiger partial charge in [-0.15, -0.1) is 0 Å². The number of aryl methyl sites for hydroxylation is 2. The third kappa shape index (κ3) is 4.82. The van der Waals surface area contributed by atoms with E-state index in [1.807, 2.05) is 51.1 Å². The van der Waals surface area contributed by atoms with Crippen molar-refractivity contribution >= 4 is 17.5 Å². The normalized spacial score (nSPS) is 11.6. The first-order chi connectivity index (χ1) is 12.3. The number of ether oxygens (including phenoxy) is 3. The predicted octanol–water partition coefficient (Wildman–Crippen LogP) is 4.23. The van der Waals surface area contributed by atoms with Crippen LogP contribution in [0.4, 0.5) is 0 Å². The lowest BCUT2D eigenvalue weighted by Crippen LogP contribution is -2.31. The highest BCUT2D eigenvalue weighted by molar-refractivity contribution is 6.32. The van der Waals surface area contributed by atoms with Crippen LogP contribution in [0.15, 0.2) is 30.3 Å². The van der Waals surface area contributed by atoms with Gasteiger partial charge in [0, 0.05) is 10.6 Å². The van der Waals surface area contributed by atoms with Gasteiger partial charge in [0.15, 0.2) is 6.61 Å². The Bertz CT molecular complexity index is 768. The summed E-state index contributed by atoms with van der Waals surface area (Å²) in [6.07, 6.45) is 0. The maximum Gasteiger partial charge on any atom is 0.258 e. The quantitative estimate of drug-likeness (QED) is 0.784. The molecule has 1 atom stereocenters. The van der Waals surface area contributed by atoms with E-state index in [-0.39, 0.29) is 18.6 Å². The van der Waals surface area contributed by atoms with E-state index < -0.39 is 0 Å². The zero-order chi connectivity index (χ0) is 19.3. The highest BCUT2D eigenvalue weighted by Crippen LogP contribution is 2.29. The van der Waals surface area contributed by atoms with E-state index in [1.165, 1.54) is 0 Å². The maximum atomic E-state index is 12.3. The van der Waals surface area contributed by atoms with Crippen LogP contribution in [0.5, 0.6) is 17.2 Å². The second-order valence-corrected chi connectivity index (χ2v) is 6.43. The molecule has 0 saturated heterocycles. The number of hydrogen-bond donors (Lipinski definition) is 1. The first-order valence-corrected chi connectivity index (χ1v) is 8.64. The van der Waals surface area contributed by atoms with Crippen LogP contribution in [0.1, 0.15) is 29.7 Å². The first-order valence-electron chi connectivity index (χ1n) is 8.26. The van der Waals surface area contributed by atoms with Gasteiger partial charge in [-0.1, -0.05) is 11.6 Å².